The molecule has 2 unspecified atom stereocenters. The van der Waals surface area contributed by atoms with E-state index in [1.165, 1.54) is 0 Å². The van der Waals surface area contributed by atoms with Crippen LogP contribution in [-0.4, -0.2) is 17.7 Å². The second kappa shape index (κ2) is 4.63. The first kappa shape index (κ1) is 12.7. The Kier molecular flexibility index (Phi) is 3.67. The lowest BCUT2D eigenvalue weighted by Crippen LogP contribution is -2.58. The highest BCUT2D eigenvalue weighted by atomic mass is 16.2. The van der Waals surface area contributed by atoms with Crippen LogP contribution in [0.15, 0.2) is 4.99 Å². The molecule has 1 aliphatic rings. The molecule has 0 aromatic rings. The third-order valence-electron chi connectivity index (χ3n) is 3.45. The Morgan fingerprint density at radius 1 is 1.56 bits per heavy atom. The van der Waals surface area contributed by atoms with Crippen LogP contribution in [0.2, 0.25) is 0 Å². The van der Waals surface area contributed by atoms with Crippen LogP contribution in [0.3, 0.4) is 0 Å². The quantitative estimate of drug-likeness (QED) is 0.670. The fourth-order valence-corrected chi connectivity index (χ4v) is 2.43. The van der Waals surface area contributed by atoms with Crippen molar-refractivity contribution in [1.82, 2.24) is 5.32 Å². The Morgan fingerprint density at radius 2 is 2.19 bits per heavy atom. The number of nitrogens with one attached hydrogen (secondary N) is 2. The van der Waals surface area contributed by atoms with Gasteiger partial charge in [0.05, 0.1) is 0 Å². The average molecular weight is 224 g/mol. The summed E-state index contributed by atoms with van der Waals surface area (Å²) in [4.78, 5) is 16.0. The fraction of sp³-hybridized carbons (Fsp3) is 0.727. The van der Waals surface area contributed by atoms with Gasteiger partial charge in [-0.1, -0.05) is 27.2 Å². The standard InChI is InChI=1S/C11H20N4O/c1-4-6-7(3)11(5-2)8(12)14-10(13)15-9(11)16/h7H,4-6H2,1-3H3,(H4,12,13,14,15,16). The predicted octanol–water partition coefficient (Wildman–Crippen LogP) is 1.24. The topological polar surface area (TPSA) is 91.3 Å². The predicted molar refractivity (Wildman–Crippen MR) is 64.3 cm³/mol. The molecule has 0 bridgehead atoms. The van der Waals surface area contributed by atoms with Gasteiger partial charge in [0.25, 0.3) is 0 Å². The van der Waals surface area contributed by atoms with Crippen molar-refractivity contribution in [2.75, 3.05) is 0 Å². The lowest BCUT2D eigenvalue weighted by atomic mass is 9.70. The Labute approximate surface area is 96.0 Å². The normalized spacial score (nSPS) is 27.3. The number of carbonyl (C=O) groups excluding carboxylic acids is 1. The molecule has 1 aliphatic heterocycles. The molecule has 16 heavy (non-hydrogen) atoms. The summed E-state index contributed by atoms with van der Waals surface area (Å²) in [5.74, 6) is 0.0766. The molecule has 0 saturated heterocycles. The van der Waals surface area contributed by atoms with E-state index in [2.05, 4.69) is 17.2 Å². The van der Waals surface area contributed by atoms with Gasteiger partial charge in [0.2, 0.25) is 11.9 Å². The minimum atomic E-state index is -0.736. The SMILES string of the molecule is CCCC(C)C1(CC)C(=O)NC(=N)N=C1N. The van der Waals surface area contributed by atoms with Crippen molar-refractivity contribution >= 4 is 17.7 Å². The van der Waals surface area contributed by atoms with Gasteiger partial charge in [-0.2, -0.15) is 4.99 Å². The number of nitrogens with zero attached hydrogens (tertiary/aromatic N) is 1. The van der Waals surface area contributed by atoms with Crippen LogP contribution in [0.5, 0.6) is 0 Å². The number of hydrogen-bond acceptors (Lipinski definition) is 3. The lowest BCUT2D eigenvalue weighted by Gasteiger charge is -2.38. The molecule has 0 aromatic heterocycles. The first-order valence-electron chi connectivity index (χ1n) is 5.73. The maximum Gasteiger partial charge on any atom is 0.240 e. The summed E-state index contributed by atoms with van der Waals surface area (Å²) < 4.78 is 0. The van der Waals surface area contributed by atoms with Crippen LogP contribution in [0, 0.1) is 16.7 Å². The van der Waals surface area contributed by atoms with Gasteiger partial charge in [0.1, 0.15) is 11.3 Å². The van der Waals surface area contributed by atoms with Crippen LogP contribution < -0.4 is 11.1 Å². The van der Waals surface area contributed by atoms with Gasteiger partial charge in [-0.15, -0.1) is 0 Å². The molecule has 5 nitrogen and oxygen atoms in total. The second-order valence-electron chi connectivity index (χ2n) is 4.31. The molecule has 2 atom stereocenters. The smallest absolute Gasteiger partial charge is 0.240 e. The summed E-state index contributed by atoms with van der Waals surface area (Å²) in [6.45, 7) is 6.03. The van der Waals surface area contributed by atoms with E-state index in [0.717, 1.165) is 12.8 Å². The molecule has 0 spiro atoms. The van der Waals surface area contributed by atoms with Crippen LogP contribution in [-0.2, 0) is 4.79 Å². The maximum absolute atomic E-state index is 12.1. The number of guanidine groups is 1. The molecule has 0 fully saturated rings. The number of carbonyl (C=O) groups is 1. The zero-order valence-corrected chi connectivity index (χ0v) is 10.1. The van der Waals surface area contributed by atoms with Crippen molar-refractivity contribution in [2.24, 2.45) is 22.1 Å². The van der Waals surface area contributed by atoms with Crippen molar-refractivity contribution in [3.63, 3.8) is 0 Å². The molecule has 90 valence electrons. The Hall–Kier alpha value is -1.39. The highest BCUT2D eigenvalue weighted by Gasteiger charge is 2.47. The van der Waals surface area contributed by atoms with E-state index in [1.54, 1.807) is 0 Å². The van der Waals surface area contributed by atoms with Crippen molar-refractivity contribution in [2.45, 2.75) is 40.0 Å². The number of amides is 1. The van der Waals surface area contributed by atoms with Crippen molar-refractivity contribution in [3.05, 3.63) is 0 Å². The fourth-order valence-electron chi connectivity index (χ4n) is 2.43. The molecule has 0 aliphatic carbocycles. The zero-order chi connectivity index (χ0) is 12.3. The van der Waals surface area contributed by atoms with Crippen LogP contribution in [0.4, 0.5) is 0 Å². The highest BCUT2D eigenvalue weighted by Crippen LogP contribution is 2.36. The van der Waals surface area contributed by atoms with Crippen LogP contribution >= 0.6 is 0 Å². The molecular formula is C11H20N4O. The molecule has 0 saturated carbocycles. The third-order valence-corrected chi connectivity index (χ3v) is 3.45. The minimum Gasteiger partial charge on any atom is -0.386 e. The number of nitrogens with two attached hydrogens (primary N) is 1. The van der Waals surface area contributed by atoms with E-state index in [9.17, 15) is 4.79 Å². The Balaban J connectivity index is 3.15. The van der Waals surface area contributed by atoms with Crippen LogP contribution in [0.1, 0.15) is 40.0 Å². The highest BCUT2D eigenvalue weighted by molar-refractivity contribution is 6.19. The van der Waals surface area contributed by atoms with Gasteiger partial charge in [0.15, 0.2) is 0 Å². The van der Waals surface area contributed by atoms with E-state index in [1.807, 2.05) is 13.8 Å². The van der Waals surface area contributed by atoms with Crippen LogP contribution in [0.25, 0.3) is 0 Å². The molecule has 1 amide bonds. The lowest BCUT2D eigenvalue weighted by molar-refractivity contribution is -0.128. The monoisotopic (exact) mass is 224 g/mol. The number of hydrogen-bond donors (Lipinski definition) is 3. The molecule has 0 aromatic carbocycles. The van der Waals surface area contributed by atoms with E-state index in [0.29, 0.717) is 6.42 Å². The zero-order valence-electron chi connectivity index (χ0n) is 10.1. The van der Waals surface area contributed by atoms with Crippen molar-refractivity contribution in [3.8, 4) is 0 Å². The number of rotatable bonds is 4. The van der Waals surface area contributed by atoms with Gasteiger partial charge in [-0.3, -0.25) is 15.5 Å². The molecule has 1 rings (SSSR count). The van der Waals surface area contributed by atoms with E-state index in [4.69, 9.17) is 11.1 Å². The number of amidine groups is 1. The van der Waals surface area contributed by atoms with Crippen molar-refractivity contribution in [1.29, 1.82) is 5.41 Å². The van der Waals surface area contributed by atoms with Gasteiger partial charge in [0, 0.05) is 0 Å². The molecular weight excluding hydrogens is 204 g/mol. The molecule has 1 heterocycles. The van der Waals surface area contributed by atoms with E-state index in [-0.39, 0.29) is 23.6 Å². The summed E-state index contributed by atoms with van der Waals surface area (Å²) in [6, 6.07) is 0. The second-order valence-corrected chi connectivity index (χ2v) is 4.31. The first-order chi connectivity index (χ1) is 7.48. The van der Waals surface area contributed by atoms with Crippen molar-refractivity contribution < 1.29 is 4.79 Å². The van der Waals surface area contributed by atoms with Gasteiger partial charge < -0.3 is 5.73 Å². The van der Waals surface area contributed by atoms with E-state index >= 15 is 0 Å². The third kappa shape index (κ3) is 1.81. The largest absolute Gasteiger partial charge is 0.386 e. The van der Waals surface area contributed by atoms with Gasteiger partial charge in [-0.05, 0) is 18.8 Å². The maximum atomic E-state index is 12.1. The summed E-state index contributed by atoms with van der Waals surface area (Å²) >= 11 is 0. The summed E-state index contributed by atoms with van der Waals surface area (Å²) in [5.41, 5.74) is 5.15. The summed E-state index contributed by atoms with van der Waals surface area (Å²) in [6.07, 6.45) is 2.54. The molecule has 0 radical (unpaired) electrons. The number of aliphatic imine (C=N–C) groups is 1. The Morgan fingerprint density at radius 3 is 2.62 bits per heavy atom. The molecule has 5 heteroatoms. The van der Waals surface area contributed by atoms with Gasteiger partial charge >= 0.3 is 0 Å². The average Bonchev–Trinajstić information content (AvgIpc) is 2.18. The minimum absolute atomic E-state index is 0.138. The van der Waals surface area contributed by atoms with Gasteiger partial charge in [-0.25, -0.2) is 0 Å². The Bertz CT molecular complexity index is 337. The van der Waals surface area contributed by atoms with E-state index < -0.39 is 5.41 Å². The first-order valence-corrected chi connectivity index (χ1v) is 5.73. The summed E-state index contributed by atoms with van der Waals surface area (Å²) in [5, 5.41) is 9.81. The molecule has 4 N–H and O–H groups in total. The summed E-state index contributed by atoms with van der Waals surface area (Å²) in [7, 11) is 0.